The summed E-state index contributed by atoms with van der Waals surface area (Å²) in [5.41, 5.74) is 0.524. The minimum atomic E-state index is -3.78. The van der Waals surface area contributed by atoms with Crippen LogP contribution in [0.2, 0.25) is 0 Å². The summed E-state index contributed by atoms with van der Waals surface area (Å²) in [6, 6.07) is 4.63. The smallest absolute Gasteiger partial charge is 0.264 e. The van der Waals surface area contributed by atoms with Crippen molar-refractivity contribution in [3.05, 3.63) is 41.9 Å². The second-order valence-corrected chi connectivity index (χ2v) is 6.28. The summed E-state index contributed by atoms with van der Waals surface area (Å²) >= 11 is 0. The number of nitrogens with zero attached hydrogens (tertiary/aromatic N) is 1. The Hall–Kier alpha value is -1.69. The van der Waals surface area contributed by atoms with Crippen molar-refractivity contribution < 1.29 is 17.6 Å². The van der Waals surface area contributed by atoms with E-state index in [1.54, 1.807) is 19.9 Å². The van der Waals surface area contributed by atoms with Gasteiger partial charge in [0.1, 0.15) is 11.6 Å². The third-order valence-electron chi connectivity index (χ3n) is 2.88. The molecule has 0 N–H and O–H groups in total. The van der Waals surface area contributed by atoms with Crippen LogP contribution in [0, 0.1) is 5.82 Å². The van der Waals surface area contributed by atoms with E-state index in [1.165, 1.54) is 23.4 Å². The molecule has 20 heavy (non-hydrogen) atoms. The molecular formula is C14H18FNO3S. The molecule has 0 saturated heterocycles. The Morgan fingerprint density at radius 3 is 2.25 bits per heavy atom. The monoisotopic (exact) mass is 299 g/mol. The molecule has 0 fully saturated rings. The first-order valence-electron chi connectivity index (χ1n) is 6.19. The third-order valence-corrected chi connectivity index (χ3v) is 4.80. The van der Waals surface area contributed by atoms with Gasteiger partial charge >= 0.3 is 0 Å². The van der Waals surface area contributed by atoms with Crippen molar-refractivity contribution in [2.75, 3.05) is 6.54 Å². The topological polar surface area (TPSA) is 54.5 Å². The Morgan fingerprint density at radius 1 is 1.25 bits per heavy atom. The van der Waals surface area contributed by atoms with Crippen LogP contribution in [0.4, 0.5) is 4.39 Å². The van der Waals surface area contributed by atoms with Crippen molar-refractivity contribution in [2.45, 2.75) is 32.1 Å². The van der Waals surface area contributed by atoms with E-state index in [9.17, 15) is 17.6 Å². The molecule has 0 radical (unpaired) electrons. The number of hydrogen-bond acceptors (Lipinski definition) is 3. The van der Waals surface area contributed by atoms with Crippen LogP contribution in [-0.2, 0) is 14.8 Å². The molecule has 0 spiro atoms. The van der Waals surface area contributed by atoms with Crippen LogP contribution in [0.25, 0.3) is 0 Å². The predicted octanol–water partition coefficient (Wildman–Crippen LogP) is 2.72. The van der Waals surface area contributed by atoms with E-state index in [4.69, 9.17) is 0 Å². The lowest BCUT2D eigenvalue weighted by molar-refractivity contribution is -0.117. The first kappa shape index (κ1) is 16.4. The Kier molecular flexibility index (Phi) is 5.44. The number of hydrogen-bond donors (Lipinski definition) is 0. The highest BCUT2D eigenvalue weighted by Crippen LogP contribution is 2.20. The summed E-state index contributed by atoms with van der Waals surface area (Å²) in [7, 11) is -3.78. The Balaban J connectivity index is 3.17. The number of sulfonamides is 1. The molecule has 0 heterocycles. The summed E-state index contributed by atoms with van der Waals surface area (Å²) in [5, 5.41) is 0. The molecule has 0 aliphatic carbocycles. The lowest BCUT2D eigenvalue weighted by Gasteiger charge is -2.24. The van der Waals surface area contributed by atoms with Crippen LogP contribution in [0.3, 0.4) is 0 Å². The summed E-state index contributed by atoms with van der Waals surface area (Å²) < 4.78 is 39.1. The van der Waals surface area contributed by atoms with Gasteiger partial charge in [-0.25, -0.2) is 12.8 Å². The van der Waals surface area contributed by atoms with E-state index in [2.05, 4.69) is 0 Å². The standard InChI is InChI=1S/C14H18FNO3S/c1-4-11(2)16(10-9-12(3)17)20(18,19)14-7-5-13(15)6-8-14/h4-8H,9-10H2,1-3H3/b11-4+. The highest BCUT2D eigenvalue weighted by Gasteiger charge is 2.24. The van der Waals surface area contributed by atoms with E-state index >= 15 is 0 Å². The zero-order valence-corrected chi connectivity index (χ0v) is 12.6. The quantitative estimate of drug-likeness (QED) is 0.811. The fourth-order valence-corrected chi connectivity index (χ4v) is 3.17. The van der Waals surface area contributed by atoms with Crippen LogP contribution in [0.15, 0.2) is 40.9 Å². The largest absolute Gasteiger partial charge is 0.300 e. The number of allylic oxidation sites excluding steroid dienone is 2. The molecule has 1 aromatic carbocycles. The Labute approximate surface area is 119 Å². The molecule has 4 nitrogen and oxygen atoms in total. The van der Waals surface area contributed by atoms with Gasteiger partial charge in [0.15, 0.2) is 0 Å². The number of carbonyl (C=O) groups excluding carboxylic acids is 1. The van der Waals surface area contributed by atoms with Crippen molar-refractivity contribution in [2.24, 2.45) is 0 Å². The summed E-state index contributed by atoms with van der Waals surface area (Å²) in [6.07, 6.45) is 1.78. The molecule has 1 rings (SSSR count). The summed E-state index contributed by atoms with van der Waals surface area (Å²) in [6.45, 7) is 4.86. The lowest BCUT2D eigenvalue weighted by Crippen LogP contribution is -2.31. The number of rotatable bonds is 6. The average Bonchev–Trinajstić information content (AvgIpc) is 2.38. The molecule has 0 amide bonds. The van der Waals surface area contributed by atoms with Gasteiger partial charge in [-0.15, -0.1) is 0 Å². The van der Waals surface area contributed by atoms with Gasteiger partial charge in [-0.2, -0.15) is 0 Å². The zero-order valence-electron chi connectivity index (χ0n) is 11.8. The van der Waals surface area contributed by atoms with Gasteiger partial charge < -0.3 is 0 Å². The van der Waals surface area contributed by atoms with E-state index in [-0.39, 0.29) is 23.6 Å². The van der Waals surface area contributed by atoms with Gasteiger partial charge in [-0.1, -0.05) is 6.08 Å². The first-order chi connectivity index (χ1) is 9.28. The molecule has 110 valence electrons. The number of benzene rings is 1. The number of Topliss-reactive ketones (excluding diaryl/α,β-unsaturated/α-hetero) is 1. The average molecular weight is 299 g/mol. The van der Waals surface area contributed by atoms with E-state index < -0.39 is 15.8 Å². The highest BCUT2D eigenvalue weighted by molar-refractivity contribution is 7.89. The molecule has 0 unspecified atom stereocenters. The minimum Gasteiger partial charge on any atom is -0.300 e. The van der Waals surface area contributed by atoms with Crippen molar-refractivity contribution >= 4 is 15.8 Å². The number of carbonyl (C=O) groups is 1. The van der Waals surface area contributed by atoms with Gasteiger partial charge in [0.25, 0.3) is 10.0 Å². The van der Waals surface area contributed by atoms with Crippen molar-refractivity contribution in [1.82, 2.24) is 4.31 Å². The highest BCUT2D eigenvalue weighted by atomic mass is 32.2. The molecule has 0 saturated carbocycles. The van der Waals surface area contributed by atoms with Gasteiger partial charge in [0.05, 0.1) is 4.90 Å². The lowest BCUT2D eigenvalue weighted by atomic mass is 10.3. The summed E-state index contributed by atoms with van der Waals surface area (Å²) in [5.74, 6) is -0.588. The normalized spacial score (nSPS) is 12.3. The maximum absolute atomic E-state index is 12.9. The predicted molar refractivity (Wildman–Crippen MR) is 75.0 cm³/mol. The zero-order chi connectivity index (χ0) is 15.3. The van der Waals surface area contributed by atoms with Crippen molar-refractivity contribution in [1.29, 1.82) is 0 Å². The van der Waals surface area contributed by atoms with Crippen LogP contribution in [0.1, 0.15) is 27.2 Å². The molecule has 0 aliphatic rings. The molecule has 6 heteroatoms. The molecule has 1 aromatic rings. The van der Waals surface area contributed by atoms with Crippen molar-refractivity contribution in [3.8, 4) is 0 Å². The van der Waals surface area contributed by atoms with Gasteiger partial charge in [-0.05, 0) is 45.0 Å². The second kappa shape index (κ2) is 6.65. The summed E-state index contributed by atoms with van der Waals surface area (Å²) in [4.78, 5) is 11.1. The SMILES string of the molecule is C/C=C(\C)N(CCC(C)=O)S(=O)(=O)c1ccc(F)cc1. The number of halogens is 1. The van der Waals surface area contributed by atoms with Crippen LogP contribution in [0.5, 0.6) is 0 Å². The van der Waals surface area contributed by atoms with E-state index in [0.29, 0.717) is 5.70 Å². The fraction of sp³-hybridized carbons (Fsp3) is 0.357. The second-order valence-electron chi connectivity index (χ2n) is 4.41. The van der Waals surface area contributed by atoms with Gasteiger partial charge in [0.2, 0.25) is 0 Å². The van der Waals surface area contributed by atoms with Crippen molar-refractivity contribution in [3.63, 3.8) is 0 Å². The van der Waals surface area contributed by atoms with Crippen LogP contribution >= 0.6 is 0 Å². The molecule has 0 bridgehead atoms. The van der Waals surface area contributed by atoms with E-state index in [1.807, 2.05) is 0 Å². The maximum Gasteiger partial charge on any atom is 0.264 e. The van der Waals surface area contributed by atoms with Crippen LogP contribution in [-0.4, -0.2) is 25.1 Å². The number of ketones is 1. The molecule has 0 aromatic heterocycles. The molecular weight excluding hydrogens is 281 g/mol. The van der Waals surface area contributed by atoms with E-state index in [0.717, 1.165) is 12.1 Å². The Morgan fingerprint density at radius 2 is 1.80 bits per heavy atom. The minimum absolute atomic E-state index is 0.00338. The maximum atomic E-state index is 12.9. The van der Waals surface area contributed by atoms with Crippen LogP contribution < -0.4 is 0 Å². The van der Waals surface area contributed by atoms with Gasteiger partial charge in [0, 0.05) is 18.7 Å². The first-order valence-corrected chi connectivity index (χ1v) is 7.63. The fourth-order valence-electron chi connectivity index (χ4n) is 1.62. The molecule has 0 aliphatic heterocycles. The Bertz CT molecular complexity index is 606. The molecule has 0 atom stereocenters. The third kappa shape index (κ3) is 3.90. The van der Waals surface area contributed by atoms with Gasteiger partial charge in [-0.3, -0.25) is 9.10 Å².